The Balaban J connectivity index is 2.01. The molecule has 1 rings (SSSR count). The highest BCUT2D eigenvalue weighted by atomic mass is 16.7. The first-order chi connectivity index (χ1) is 11.4. The van der Waals surface area contributed by atoms with Gasteiger partial charge >= 0.3 is 0 Å². The van der Waals surface area contributed by atoms with Crippen LogP contribution in [0, 0.1) is 0 Å². The number of rotatable bonds is 15. The van der Waals surface area contributed by atoms with Gasteiger partial charge in [-0.2, -0.15) is 0 Å². The molecule has 0 saturated heterocycles. The molecule has 1 aromatic rings. The van der Waals surface area contributed by atoms with Crippen LogP contribution in [0.3, 0.4) is 0 Å². The van der Waals surface area contributed by atoms with Gasteiger partial charge in [0.05, 0.1) is 0 Å². The van der Waals surface area contributed by atoms with Crippen LogP contribution in [0.1, 0.15) is 69.8 Å². The molecule has 0 fully saturated rings. The Morgan fingerprint density at radius 3 is 2.13 bits per heavy atom. The lowest BCUT2D eigenvalue weighted by molar-refractivity contribution is -0.107. The van der Waals surface area contributed by atoms with Crippen molar-refractivity contribution < 1.29 is 14.3 Å². The van der Waals surface area contributed by atoms with E-state index in [1.165, 1.54) is 56.9 Å². The monoisotopic (exact) mass is 320 g/mol. The maximum atomic E-state index is 10.2. The number of aldehydes is 1. The average molecular weight is 320 g/mol. The third kappa shape index (κ3) is 10.1. The summed E-state index contributed by atoms with van der Waals surface area (Å²) in [4.78, 5) is 10.2. The van der Waals surface area contributed by atoms with E-state index in [2.05, 4.69) is 12.1 Å². The highest BCUT2D eigenvalue weighted by molar-refractivity contribution is 5.48. The molecular weight excluding hydrogens is 288 g/mol. The van der Waals surface area contributed by atoms with Gasteiger partial charge in [0.1, 0.15) is 12.0 Å². The van der Waals surface area contributed by atoms with Crippen molar-refractivity contribution in [3.63, 3.8) is 0 Å². The van der Waals surface area contributed by atoms with Crippen molar-refractivity contribution >= 4 is 6.29 Å². The van der Waals surface area contributed by atoms with Gasteiger partial charge in [0.25, 0.3) is 0 Å². The van der Waals surface area contributed by atoms with Gasteiger partial charge in [0.15, 0.2) is 6.79 Å². The van der Waals surface area contributed by atoms with Crippen LogP contribution in [0.15, 0.2) is 24.3 Å². The second-order valence-corrected chi connectivity index (χ2v) is 6.05. The minimum atomic E-state index is 0.309. The van der Waals surface area contributed by atoms with Crippen molar-refractivity contribution in [2.75, 3.05) is 13.9 Å². The minimum Gasteiger partial charge on any atom is -0.467 e. The predicted octanol–water partition coefficient (Wildman–Crippen LogP) is 5.31. The van der Waals surface area contributed by atoms with Gasteiger partial charge in [0, 0.05) is 13.5 Å². The number of ether oxygens (including phenoxy) is 2. The Bertz CT molecular complexity index is 404. The Morgan fingerprint density at radius 1 is 0.870 bits per heavy atom. The van der Waals surface area contributed by atoms with Gasteiger partial charge in [0.2, 0.25) is 0 Å². The van der Waals surface area contributed by atoms with E-state index in [9.17, 15) is 4.79 Å². The van der Waals surface area contributed by atoms with Gasteiger partial charge in [-0.15, -0.1) is 0 Å². The zero-order valence-corrected chi connectivity index (χ0v) is 14.6. The highest BCUT2D eigenvalue weighted by Gasteiger charge is 2.02. The largest absolute Gasteiger partial charge is 0.467 e. The number of methoxy groups -OCH3 is 1. The SMILES string of the molecule is COCOc1ccccc1CCCCCCCCCCCC=O. The number of carbonyl (C=O) groups is 1. The summed E-state index contributed by atoms with van der Waals surface area (Å²) in [7, 11) is 1.64. The third-order valence-corrected chi connectivity index (χ3v) is 4.07. The normalized spacial score (nSPS) is 10.7. The number of carbonyl (C=O) groups excluding carboxylic acids is 1. The second kappa shape index (κ2) is 14.3. The molecule has 0 aliphatic carbocycles. The molecule has 0 spiro atoms. The van der Waals surface area contributed by atoms with Crippen molar-refractivity contribution in [1.82, 2.24) is 0 Å². The van der Waals surface area contributed by atoms with Crippen LogP contribution in [-0.2, 0) is 16.0 Å². The second-order valence-electron chi connectivity index (χ2n) is 6.05. The van der Waals surface area contributed by atoms with Crippen LogP contribution < -0.4 is 4.74 Å². The van der Waals surface area contributed by atoms with E-state index in [-0.39, 0.29) is 0 Å². The Kier molecular flexibility index (Phi) is 12.2. The summed E-state index contributed by atoms with van der Waals surface area (Å²) in [6, 6.07) is 8.23. The lowest BCUT2D eigenvalue weighted by Crippen LogP contribution is -2.01. The van der Waals surface area contributed by atoms with Crippen LogP contribution in [0.4, 0.5) is 0 Å². The first-order valence-corrected chi connectivity index (χ1v) is 9.01. The zero-order chi connectivity index (χ0) is 16.6. The molecular formula is C20H32O3. The fourth-order valence-corrected chi connectivity index (χ4v) is 2.75. The van der Waals surface area contributed by atoms with Crippen LogP contribution in [-0.4, -0.2) is 20.2 Å². The van der Waals surface area contributed by atoms with Crippen molar-refractivity contribution in [3.05, 3.63) is 29.8 Å². The van der Waals surface area contributed by atoms with E-state index in [1.54, 1.807) is 7.11 Å². The van der Waals surface area contributed by atoms with E-state index in [0.717, 1.165) is 31.3 Å². The third-order valence-electron chi connectivity index (χ3n) is 4.07. The lowest BCUT2D eigenvalue weighted by Gasteiger charge is -2.10. The first-order valence-electron chi connectivity index (χ1n) is 9.01. The number of benzene rings is 1. The molecule has 0 amide bonds. The maximum absolute atomic E-state index is 10.2. The molecule has 1 aromatic carbocycles. The topological polar surface area (TPSA) is 35.5 Å². The van der Waals surface area contributed by atoms with Crippen molar-refractivity contribution in [2.45, 2.75) is 70.6 Å². The van der Waals surface area contributed by atoms with Crippen molar-refractivity contribution in [2.24, 2.45) is 0 Å². The van der Waals surface area contributed by atoms with E-state index < -0.39 is 0 Å². The summed E-state index contributed by atoms with van der Waals surface area (Å²) in [5.74, 6) is 0.949. The summed E-state index contributed by atoms with van der Waals surface area (Å²) in [6.07, 6.45) is 14.2. The van der Waals surface area contributed by atoms with Crippen LogP contribution >= 0.6 is 0 Å². The van der Waals surface area contributed by atoms with E-state index in [0.29, 0.717) is 6.79 Å². The fourth-order valence-electron chi connectivity index (χ4n) is 2.75. The standard InChI is InChI=1S/C20H32O3/c1-22-18-23-20-16-12-11-15-19(20)14-10-8-6-4-2-3-5-7-9-13-17-21/h11-12,15-17H,2-10,13-14,18H2,1H3. The lowest BCUT2D eigenvalue weighted by atomic mass is 10.0. The molecule has 0 bridgehead atoms. The Morgan fingerprint density at radius 2 is 1.48 bits per heavy atom. The molecule has 3 heteroatoms. The molecule has 0 unspecified atom stereocenters. The molecule has 0 aliphatic heterocycles. The predicted molar refractivity (Wildman–Crippen MR) is 94.9 cm³/mol. The number of hydrogen-bond acceptors (Lipinski definition) is 3. The fraction of sp³-hybridized carbons (Fsp3) is 0.650. The number of aryl methyl sites for hydroxylation is 1. The molecule has 0 atom stereocenters. The van der Waals surface area contributed by atoms with Crippen LogP contribution in [0.5, 0.6) is 5.75 Å². The van der Waals surface area contributed by atoms with Crippen LogP contribution in [0.2, 0.25) is 0 Å². The molecule has 0 saturated carbocycles. The maximum Gasteiger partial charge on any atom is 0.188 e. The number of para-hydroxylation sites is 1. The summed E-state index contributed by atoms with van der Waals surface area (Å²) in [5.41, 5.74) is 1.28. The quantitative estimate of drug-likeness (QED) is 0.249. The summed E-state index contributed by atoms with van der Waals surface area (Å²) in [6.45, 7) is 0.309. The van der Waals surface area contributed by atoms with Gasteiger partial charge in [-0.25, -0.2) is 0 Å². The highest BCUT2D eigenvalue weighted by Crippen LogP contribution is 2.21. The van der Waals surface area contributed by atoms with E-state index in [4.69, 9.17) is 9.47 Å². The molecule has 130 valence electrons. The molecule has 0 aromatic heterocycles. The van der Waals surface area contributed by atoms with E-state index >= 15 is 0 Å². The Hall–Kier alpha value is -1.35. The molecule has 0 N–H and O–H groups in total. The number of unbranched alkanes of at least 4 members (excludes halogenated alkanes) is 9. The number of hydrogen-bond donors (Lipinski definition) is 0. The van der Waals surface area contributed by atoms with Crippen LogP contribution in [0.25, 0.3) is 0 Å². The first kappa shape index (κ1) is 19.7. The smallest absolute Gasteiger partial charge is 0.188 e. The van der Waals surface area contributed by atoms with Crippen molar-refractivity contribution in [1.29, 1.82) is 0 Å². The molecule has 0 heterocycles. The van der Waals surface area contributed by atoms with E-state index in [1.807, 2.05) is 12.1 Å². The van der Waals surface area contributed by atoms with Gasteiger partial charge in [-0.1, -0.05) is 63.1 Å². The molecule has 0 aliphatic rings. The zero-order valence-electron chi connectivity index (χ0n) is 14.6. The molecule has 0 radical (unpaired) electrons. The minimum absolute atomic E-state index is 0.309. The summed E-state index contributed by atoms with van der Waals surface area (Å²) >= 11 is 0. The van der Waals surface area contributed by atoms with Gasteiger partial charge in [-0.05, 0) is 30.9 Å². The summed E-state index contributed by atoms with van der Waals surface area (Å²) < 4.78 is 10.6. The van der Waals surface area contributed by atoms with Crippen molar-refractivity contribution in [3.8, 4) is 5.75 Å². The molecule has 3 nitrogen and oxygen atoms in total. The molecule has 23 heavy (non-hydrogen) atoms. The van der Waals surface area contributed by atoms with Gasteiger partial charge in [-0.3, -0.25) is 0 Å². The Labute approximate surface area is 141 Å². The average Bonchev–Trinajstić information content (AvgIpc) is 2.58. The summed E-state index contributed by atoms with van der Waals surface area (Å²) in [5, 5.41) is 0. The van der Waals surface area contributed by atoms with Gasteiger partial charge < -0.3 is 14.3 Å².